The SMILES string of the molecule is Cc1ccn(CC(N)c2ccc3ccccc3c2)c(=O)c1. The molecular formula is C18H18N2O. The van der Waals surface area contributed by atoms with Gasteiger partial charge in [0.1, 0.15) is 0 Å². The van der Waals surface area contributed by atoms with Crippen molar-refractivity contribution in [2.45, 2.75) is 19.5 Å². The third-order valence-corrected chi connectivity index (χ3v) is 3.75. The molecule has 0 aliphatic heterocycles. The lowest BCUT2D eigenvalue weighted by molar-refractivity contribution is 0.561. The van der Waals surface area contributed by atoms with Crippen molar-refractivity contribution in [3.05, 3.63) is 82.3 Å². The molecule has 3 nitrogen and oxygen atoms in total. The quantitative estimate of drug-likeness (QED) is 0.800. The average molecular weight is 278 g/mol. The lowest BCUT2D eigenvalue weighted by Crippen LogP contribution is -2.26. The molecule has 3 aromatic rings. The Kier molecular flexibility index (Phi) is 3.59. The summed E-state index contributed by atoms with van der Waals surface area (Å²) >= 11 is 0. The van der Waals surface area contributed by atoms with Crippen molar-refractivity contribution < 1.29 is 0 Å². The number of fused-ring (bicyclic) bond motifs is 1. The van der Waals surface area contributed by atoms with Crippen LogP contribution >= 0.6 is 0 Å². The molecule has 1 heterocycles. The molecule has 21 heavy (non-hydrogen) atoms. The Labute approximate surface area is 123 Å². The van der Waals surface area contributed by atoms with Crippen LogP contribution in [0.4, 0.5) is 0 Å². The van der Waals surface area contributed by atoms with Gasteiger partial charge >= 0.3 is 0 Å². The van der Waals surface area contributed by atoms with Crippen molar-refractivity contribution >= 4 is 10.8 Å². The maximum absolute atomic E-state index is 11.9. The Balaban J connectivity index is 1.89. The maximum atomic E-state index is 11.9. The van der Waals surface area contributed by atoms with E-state index in [9.17, 15) is 4.79 Å². The van der Waals surface area contributed by atoms with Gasteiger partial charge in [0.2, 0.25) is 0 Å². The van der Waals surface area contributed by atoms with E-state index in [1.807, 2.05) is 31.2 Å². The summed E-state index contributed by atoms with van der Waals surface area (Å²) in [6, 6.07) is 17.7. The van der Waals surface area contributed by atoms with Crippen LogP contribution in [0.5, 0.6) is 0 Å². The number of nitrogens with zero attached hydrogens (tertiary/aromatic N) is 1. The van der Waals surface area contributed by atoms with E-state index >= 15 is 0 Å². The number of pyridine rings is 1. The van der Waals surface area contributed by atoms with E-state index in [0.29, 0.717) is 6.54 Å². The first-order valence-corrected chi connectivity index (χ1v) is 7.05. The molecule has 1 unspecified atom stereocenters. The molecule has 0 radical (unpaired) electrons. The van der Waals surface area contributed by atoms with Gasteiger partial charge in [0.15, 0.2) is 0 Å². The van der Waals surface area contributed by atoms with Gasteiger partial charge in [0.05, 0.1) is 0 Å². The predicted octanol–water partition coefficient (Wildman–Crippen LogP) is 3.01. The van der Waals surface area contributed by atoms with E-state index in [1.54, 1.807) is 16.8 Å². The Morgan fingerprint density at radius 2 is 1.81 bits per heavy atom. The van der Waals surface area contributed by atoms with Gasteiger partial charge in [-0.3, -0.25) is 4.79 Å². The first-order valence-electron chi connectivity index (χ1n) is 7.05. The summed E-state index contributed by atoms with van der Waals surface area (Å²) in [6.07, 6.45) is 1.80. The zero-order valence-corrected chi connectivity index (χ0v) is 12.0. The molecule has 0 saturated carbocycles. The normalized spacial score (nSPS) is 12.5. The highest BCUT2D eigenvalue weighted by molar-refractivity contribution is 5.83. The van der Waals surface area contributed by atoms with Gasteiger partial charge in [0.25, 0.3) is 5.56 Å². The topological polar surface area (TPSA) is 48.0 Å². The van der Waals surface area contributed by atoms with E-state index in [-0.39, 0.29) is 11.6 Å². The van der Waals surface area contributed by atoms with Crippen molar-refractivity contribution in [1.29, 1.82) is 0 Å². The summed E-state index contributed by atoms with van der Waals surface area (Å²) in [6.45, 7) is 2.40. The van der Waals surface area contributed by atoms with Crippen molar-refractivity contribution in [3.8, 4) is 0 Å². The number of aromatic nitrogens is 1. The largest absolute Gasteiger partial charge is 0.322 e. The second kappa shape index (κ2) is 5.54. The molecule has 0 saturated heterocycles. The minimum Gasteiger partial charge on any atom is -0.322 e. The van der Waals surface area contributed by atoms with E-state index in [2.05, 4.69) is 24.3 Å². The van der Waals surface area contributed by atoms with Crippen LogP contribution in [-0.2, 0) is 6.54 Å². The summed E-state index contributed by atoms with van der Waals surface area (Å²) in [5, 5.41) is 2.36. The highest BCUT2D eigenvalue weighted by atomic mass is 16.1. The van der Waals surface area contributed by atoms with Crippen molar-refractivity contribution in [2.24, 2.45) is 5.73 Å². The van der Waals surface area contributed by atoms with E-state index < -0.39 is 0 Å². The zero-order valence-electron chi connectivity index (χ0n) is 12.0. The second-order valence-electron chi connectivity index (χ2n) is 5.41. The molecule has 0 amide bonds. The Morgan fingerprint density at radius 1 is 1.05 bits per heavy atom. The minimum atomic E-state index is -0.199. The fourth-order valence-electron chi connectivity index (χ4n) is 2.51. The van der Waals surface area contributed by atoms with Gasteiger partial charge in [0, 0.05) is 24.8 Å². The van der Waals surface area contributed by atoms with Crippen molar-refractivity contribution in [3.63, 3.8) is 0 Å². The highest BCUT2D eigenvalue weighted by Gasteiger charge is 2.08. The van der Waals surface area contributed by atoms with Gasteiger partial charge < -0.3 is 10.3 Å². The van der Waals surface area contributed by atoms with Crippen LogP contribution in [0.15, 0.2) is 65.6 Å². The van der Waals surface area contributed by atoms with E-state index in [4.69, 9.17) is 5.73 Å². The van der Waals surface area contributed by atoms with Gasteiger partial charge in [-0.2, -0.15) is 0 Å². The standard InChI is InChI=1S/C18H18N2O/c1-13-8-9-20(18(21)10-13)12-17(19)16-7-6-14-4-2-3-5-15(14)11-16/h2-11,17H,12,19H2,1H3. The van der Waals surface area contributed by atoms with Gasteiger partial charge in [-0.25, -0.2) is 0 Å². The molecular weight excluding hydrogens is 260 g/mol. The molecule has 0 bridgehead atoms. The lowest BCUT2D eigenvalue weighted by Gasteiger charge is -2.15. The number of hydrogen-bond acceptors (Lipinski definition) is 2. The van der Waals surface area contributed by atoms with Gasteiger partial charge in [-0.15, -0.1) is 0 Å². The molecule has 1 atom stereocenters. The molecule has 3 rings (SSSR count). The van der Waals surface area contributed by atoms with E-state index in [0.717, 1.165) is 11.1 Å². The van der Waals surface area contributed by atoms with E-state index in [1.165, 1.54) is 10.8 Å². The molecule has 2 aromatic carbocycles. The number of aryl methyl sites for hydroxylation is 1. The van der Waals surface area contributed by atoms with Crippen molar-refractivity contribution in [2.75, 3.05) is 0 Å². The minimum absolute atomic E-state index is 0.00811. The first kappa shape index (κ1) is 13.6. The third kappa shape index (κ3) is 2.88. The molecule has 0 aliphatic carbocycles. The number of nitrogens with two attached hydrogens (primary N) is 1. The zero-order chi connectivity index (χ0) is 14.8. The monoisotopic (exact) mass is 278 g/mol. The Hall–Kier alpha value is -2.39. The number of benzene rings is 2. The fourth-order valence-corrected chi connectivity index (χ4v) is 2.51. The van der Waals surface area contributed by atoms with Gasteiger partial charge in [-0.05, 0) is 41.0 Å². The van der Waals surface area contributed by atoms with Crippen LogP contribution in [0, 0.1) is 6.92 Å². The van der Waals surface area contributed by atoms with Crippen molar-refractivity contribution in [1.82, 2.24) is 4.57 Å². The fraction of sp³-hybridized carbons (Fsp3) is 0.167. The molecule has 2 N–H and O–H groups in total. The highest BCUT2D eigenvalue weighted by Crippen LogP contribution is 2.20. The predicted molar refractivity (Wildman–Crippen MR) is 86.3 cm³/mol. The summed E-state index contributed by atoms with van der Waals surface area (Å²) in [5.74, 6) is 0. The number of rotatable bonds is 3. The van der Waals surface area contributed by atoms with Crippen LogP contribution in [-0.4, -0.2) is 4.57 Å². The molecule has 0 spiro atoms. The number of hydrogen-bond donors (Lipinski definition) is 1. The maximum Gasteiger partial charge on any atom is 0.250 e. The van der Waals surface area contributed by atoms with Crippen LogP contribution in [0.3, 0.4) is 0 Å². The second-order valence-corrected chi connectivity index (χ2v) is 5.41. The average Bonchev–Trinajstić information content (AvgIpc) is 2.49. The van der Waals surface area contributed by atoms with Gasteiger partial charge in [-0.1, -0.05) is 36.4 Å². The van der Waals surface area contributed by atoms with Crippen LogP contribution < -0.4 is 11.3 Å². The lowest BCUT2D eigenvalue weighted by atomic mass is 10.0. The summed E-state index contributed by atoms with van der Waals surface area (Å²) < 4.78 is 1.66. The summed E-state index contributed by atoms with van der Waals surface area (Å²) in [7, 11) is 0. The Morgan fingerprint density at radius 3 is 2.57 bits per heavy atom. The summed E-state index contributed by atoms with van der Waals surface area (Å²) in [5.41, 5.74) is 8.27. The van der Waals surface area contributed by atoms with Crippen LogP contribution in [0.25, 0.3) is 10.8 Å². The van der Waals surface area contributed by atoms with Crippen LogP contribution in [0.1, 0.15) is 17.2 Å². The first-order chi connectivity index (χ1) is 10.1. The summed E-state index contributed by atoms with van der Waals surface area (Å²) in [4.78, 5) is 11.9. The van der Waals surface area contributed by atoms with Crippen LogP contribution in [0.2, 0.25) is 0 Å². The molecule has 0 fully saturated rings. The smallest absolute Gasteiger partial charge is 0.250 e. The molecule has 106 valence electrons. The molecule has 0 aliphatic rings. The molecule has 1 aromatic heterocycles. The Bertz CT molecular complexity index is 836. The third-order valence-electron chi connectivity index (χ3n) is 3.75. The molecule has 3 heteroatoms.